The molecule has 0 saturated heterocycles. The van der Waals surface area contributed by atoms with Crippen molar-refractivity contribution in [2.24, 2.45) is 4.99 Å². The number of ether oxygens (including phenoxy) is 3. The summed E-state index contributed by atoms with van der Waals surface area (Å²) in [4.78, 5) is 16.2. The summed E-state index contributed by atoms with van der Waals surface area (Å²) in [6.07, 6.45) is -0.434. The van der Waals surface area contributed by atoms with Gasteiger partial charge in [0.25, 0.3) is 0 Å². The maximum Gasteiger partial charge on any atom is 0.407 e. The monoisotopic (exact) mass is 442 g/mol. The fourth-order valence-electron chi connectivity index (χ4n) is 2.28. The Morgan fingerprint density at radius 3 is 2.67 bits per heavy atom. The van der Waals surface area contributed by atoms with Crippen LogP contribution in [0.4, 0.5) is 4.79 Å². The van der Waals surface area contributed by atoms with Crippen LogP contribution in [-0.2, 0) is 11.3 Å². The molecule has 0 spiro atoms. The minimum absolute atomic E-state index is 0.232. The number of rotatable bonds is 6. The van der Waals surface area contributed by atoms with Gasteiger partial charge in [0.05, 0.1) is 11.0 Å². The van der Waals surface area contributed by atoms with Gasteiger partial charge in [-0.25, -0.2) is 9.79 Å². The van der Waals surface area contributed by atoms with Crippen LogP contribution >= 0.6 is 15.9 Å². The second kappa shape index (κ2) is 9.68. The second-order valence-corrected chi connectivity index (χ2v) is 7.72. The number of guanidine groups is 1. The van der Waals surface area contributed by atoms with Crippen molar-refractivity contribution < 1.29 is 19.0 Å². The molecule has 3 N–H and O–H groups in total. The van der Waals surface area contributed by atoms with E-state index in [1.165, 1.54) is 0 Å². The summed E-state index contributed by atoms with van der Waals surface area (Å²) in [6, 6.07) is 3.88. The maximum absolute atomic E-state index is 11.6. The van der Waals surface area contributed by atoms with Crippen LogP contribution in [0.1, 0.15) is 33.3 Å². The zero-order valence-electron chi connectivity index (χ0n) is 16.1. The normalized spacial score (nSPS) is 13.3. The number of amides is 1. The van der Waals surface area contributed by atoms with E-state index in [4.69, 9.17) is 14.2 Å². The van der Waals surface area contributed by atoms with E-state index in [-0.39, 0.29) is 6.79 Å². The molecule has 1 aromatic carbocycles. The predicted molar refractivity (Wildman–Crippen MR) is 107 cm³/mol. The highest BCUT2D eigenvalue weighted by Gasteiger charge is 2.18. The van der Waals surface area contributed by atoms with Crippen molar-refractivity contribution in [3.05, 3.63) is 22.2 Å². The summed E-state index contributed by atoms with van der Waals surface area (Å²) in [5.74, 6) is 2.10. The van der Waals surface area contributed by atoms with Crippen molar-refractivity contribution in [1.29, 1.82) is 0 Å². The van der Waals surface area contributed by atoms with Gasteiger partial charge >= 0.3 is 6.09 Å². The highest BCUT2D eigenvalue weighted by Crippen LogP contribution is 2.40. The third-order valence-electron chi connectivity index (χ3n) is 3.34. The molecule has 1 amide bonds. The van der Waals surface area contributed by atoms with E-state index in [0.29, 0.717) is 31.3 Å². The molecule has 1 aliphatic heterocycles. The Labute approximate surface area is 168 Å². The fraction of sp³-hybridized carbons (Fsp3) is 0.556. The molecular formula is C18H27BrN4O4. The molecule has 1 heterocycles. The predicted octanol–water partition coefficient (Wildman–Crippen LogP) is 2.76. The van der Waals surface area contributed by atoms with Gasteiger partial charge in [-0.1, -0.05) is 0 Å². The van der Waals surface area contributed by atoms with Gasteiger partial charge in [0.1, 0.15) is 5.60 Å². The van der Waals surface area contributed by atoms with Crippen LogP contribution in [0.5, 0.6) is 11.5 Å². The number of hydrogen-bond donors (Lipinski definition) is 3. The van der Waals surface area contributed by atoms with Crippen LogP contribution in [0.15, 0.2) is 21.6 Å². The zero-order valence-corrected chi connectivity index (χ0v) is 17.7. The summed E-state index contributed by atoms with van der Waals surface area (Å²) in [6.45, 7) is 9.87. The quantitative estimate of drug-likeness (QED) is 0.356. The zero-order chi connectivity index (χ0) is 19.9. The molecule has 8 nitrogen and oxygen atoms in total. The Bertz CT molecular complexity index is 689. The molecule has 1 aliphatic rings. The van der Waals surface area contributed by atoms with Crippen molar-refractivity contribution in [2.75, 3.05) is 26.4 Å². The number of alkyl carbamates (subject to hydrolysis) is 1. The van der Waals surface area contributed by atoms with E-state index in [9.17, 15) is 4.79 Å². The first-order valence-corrected chi connectivity index (χ1v) is 9.65. The number of nitrogens with zero attached hydrogens (tertiary/aromatic N) is 1. The molecule has 0 aromatic heterocycles. The van der Waals surface area contributed by atoms with Crippen molar-refractivity contribution in [3.8, 4) is 11.5 Å². The standard InChI is InChI=1S/C18H27BrN4O4/c1-5-20-16(21-6-7-22-17(24)27-18(2,3)4)23-10-12-8-13(19)15-14(9-12)25-11-26-15/h8-9H,5-7,10-11H2,1-4H3,(H,22,24)(H2,20,21,23). The number of hydrogen-bond acceptors (Lipinski definition) is 5. The SMILES string of the molecule is CCNC(=NCc1cc(Br)c2c(c1)OCO2)NCCNC(=O)OC(C)(C)C. The van der Waals surface area contributed by atoms with E-state index < -0.39 is 11.7 Å². The third-order valence-corrected chi connectivity index (χ3v) is 3.93. The Balaban J connectivity index is 1.84. The highest BCUT2D eigenvalue weighted by molar-refractivity contribution is 9.10. The number of fused-ring (bicyclic) bond motifs is 1. The van der Waals surface area contributed by atoms with Crippen LogP contribution in [0.25, 0.3) is 0 Å². The van der Waals surface area contributed by atoms with Crippen LogP contribution in [0.2, 0.25) is 0 Å². The van der Waals surface area contributed by atoms with Gasteiger partial charge in [-0.05, 0) is 61.3 Å². The Morgan fingerprint density at radius 1 is 1.22 bits per heavy atom. The number of nitrogens with one attached hydrogen (secondary N) is 3. The molecule has 0 saturated carbocycles. The number of aliphatic imine (C=N–C) groups is 1. The summed E-state index contributed by atoms with van der Waals surface area (Å²) < 4.78 is 16.9. The molecule has 0 bridgehead atoms. The number of benzene rings is 1. The molecule has 0 atom stereocenters. The van der Waals surface area contributed by atoms with Crippen LogP contribution in [0.3, 0.4) is 0 Å². The molecule has 9 heteroatoms. The lowest BCUT2D eigenvalue weighted by atomic mass is 10.2. The topological polar surface area (TPSA) is 93.2 Å². The molecule has 150 valence electrons. The lowest BCUT2D eigenvalue weighted by Gasteiger charge is -2.19. The van der Waals surface area contributed by atoms with E-state index in [1.54, 1.807) is 0 Å². The van der Waals surface area contributed by atoms with E-state index >= 15 is 0 Å². The molecule has 0 unspecified atom stereocenters. The van der Waals surface area contributed by atoms with Crippen LogP contribution in [-0.4, -0.2) is 44.1 Å². The maximum atomic E-state index is 11.6. The van der Waals surface area contributed by atoms with Crippen molar-refractivity contribution in [1.82, 2.24) is 16.0 Å². The average molecular weight is 443 g/mol. The fourth-order valence-corrected chi connectivity index (χ4v) is 2.89. The average Bonchev–Trinajstić information content (AvgIpc) is 3.04. The Kier molecular flexibility index (Phi) is 7.58. The minimum Gasteiger partial charge on any atom is -0.454 e. The Hall–Kier alpha value is -2.16. The molecule has 2 rings (SSSR count). The first kappa shape index (κ1) is 21.1. The number of carbonyl (C=O) groups excluding carboxylic acids is 1. The smallest absolute Gasteiger partial charge is 0.407 e. The van der Waals surface area contributed by atoms with Crippen LogP contribution < -0.4 is 25.4 Å². The van der Waals surface area contributed by atoms with E-state index in [2.05, 4.69) is 36.9 Å². The van der Waals surface area contributed by atoms with E-state index in [1.807, 2.05) is 39.8 Å². The molecule has 0 radical (unpaired) electrons. The minimum atomic E-state index is -0.507. The van der Waals surface area contributed by atoms with Crippen molar-refractivity contribution in [2.45, 2.75) is 39.8 Å². The van der Waals surface area contributed by atoms with Gasteiger partial charge in [0.15, 0.2) is 17.5 Å². The van der Waals surface area contributed by atoms with Gasteiger partial charge in [0.2, 0.25) is 6.79 Å². The largest absolute Gasteiger partial charge is 0.454 e. The first-order valence-electron chi connectivity index (χ1n) is 8.85. The molecule has 1 aromatic rings. The van der Waals surface area contributed by atoms with Gasteiger partial charge in [-0.15, -0.1) is 0 Å². The number of carbonyl (C=O) groups is 1. The lowest BCUT2D eigenvalue weighted by Crippen LogP contribution is -2.42. The highest BCUT2D eigenvalue weighted by atomic mass is 79.9. The summed E-state index contributed by atoms with van der Waals surface area (Å²) >= 11 is 3.48. The Morgan fingerprint density at radius 2 is 1.96 bits per heavy atom. The van der Waals surface area contributed by atoms with Gasteiger partial charge < -0.3 is 30.2 Å². The van der Waals surface area contributed by atoms with Crippen LogP contribution in [0, 0.1) is 0 Å². The molecule has 27 heavy (non-hydrogen) atoms. The summed E-state index contributed by atoms with van der Waals surface area (Å²) in [7, 11) is 0. The molecule has 0 fully saturated rings. The molecule has 0 aliphatic carbocycles. The summed E-state index contributed by atoms with van der Waals surface area (Å²) in [5, 5.41) is 9.05. The van der Waals surface area contributed by atoms with E-state index in [0.717, 1.165) is 22.3 Å². The summed E-state index contributed by atoms with van der Waals surface area (Å²) in [5.41, 5.74) is 0.488. The molecular weight excluding hydrogens is 416 g/mol. The first-order chi connectivity index (χ1) is 12.8. The third kappa shape index (κ3) is 7.16. The second-order valence-electron chi connectivity index (χ2n) is 6.86. The van der Waals surface area contributed by atoms with Crippen molar-refractivity contribution >= 4 is 28.0 Å². The van der Waals surface area contributed by atoms with Gasteiger partial charge in [0, 0.05) is 19.6 Å². The van der Waals surface area contributed by atoms with Gasteiger partial charge in [-0.2, -0.15) is 0 Å². The van der Waals surface area contributed by atoms with Gasteiger partial charge in [-0.3, -0.25) is 0 Å². The lowest BCUT2D eigenvalue weighted by molar-refractivity contribution is 0.0529. The number of halogens is 1. The van der Waals surface area contributed by atoms with Crippen molar-refractivity contribution in [3.63, 3.8) is 0 Å².